The Morgan fingerprint density at radius 2 is 1.71 bits per heavy atom. The minimum atomic E-state index is -0.458. The maximum atomic E-state index is 10.9. The lowest BCUT2D eigenvalue weighted by Gasteiger charge is -2.06. The van der Waals surface area contributed by atoms with Gasteiger partial charge in [0.2, 0.25) is 5.91 Å². The molecular weight excluding hydrogens is 216 g/mol. The topological polar surface area (TPSA) is 78.3 Å². The van der Waals surface area contributed by atoms with Crippen LogP contribution in [0.2, 0.25) is 0 Å². The molecular formula is C13H12N2O2. The van der Waals surface area contributed by atoms with E-state index in [9.17, 15) is 4.79 Å². The number of benzene rings is 2. The third-order valence-corrected chi connectivity index (χ3v) is 2.23. The van der Waals surface area contributed by atoms with E-state index < -0.39 is 5.91 Å². The average Bonchev–Trinajstić information content (AvgIpc) is 2.29. The minimum Gasteiger partial charge on any atom is -0.457 e. The maximum absolute atomic E-state index is 10.9. The lowest BCUT2D eigenvalue weighted by Crippen LogP contribution is -2.10. The van der Waals surface area contributed by atoms with E-state index in [2.05, 4.69) is 0 Å². The Labute approximate surface area is 98.8 Å². The van der Waals surface area contributed by atoms with Gasteiger partial charge < -0.3 is 16.2 Å². The van der Waals surface area contributed by atoms with Crippen molar-refractivity contribution in [3.8, 4) is 11.5 Å². The van der Waals surface area contributed by atoms with Gasteiger partial charge in [-0.2, -0.15) is 0 Å². The third-order valence-electron chi connectivity index (χ3n) is 2.23. The number of nitrogen functional groups attached to an aromatic ring is 1. The first kappa shape index (κ1) is 11.0. The quantitative estimate of drug-likeness (QED) is 0.790. The zero-order valence-corrected chi connectivity index (χ0v) is 9.09. The zero-order valence-electron chi connectivity index (χ0n) is 9.09. The summed E-state index contributed by atoms with van der Waals surface area (Å²) in [5, 5.41) is 0. The van der Waals surface area contributed by atoms with Gasteiger partial charge in [-0.25, -0.2) is 0 Å². The van der Waals surface area contributed by atoms with E-state index in [1.165, 1.54) is 0 Å². The van der Waals surface area contributed by atoms with Crippen molar-refractivity contribution < 1.29 is 9.53 Å². The van der Waals surface area contributed by atoms with Crippen LogP contribution in [0.4, 0.5) is 5.69 Å². The lowest BCUT2D eigenvalue weighted by atomic mass is 10.2. The Balaban J connectivity index is 2.16. The normalized spacial score (nSPS) is 9.88. The molecule has 4 N–H and O–H groups in total. The molecule has 0 saturated heterocycles. The molecule has 0 unspecified atom stereocenters. The van der Waals surface area contributed by atoms with Crippen molar-refractivity contribution in [2.45, 2.75) is 0 Å². The predicted molar refractivity (Wildman–Crippen MR) is 65.9 cm³/mol. The molecule has 4 heteroatoms. The summed E-state index contributed by atoms with van der Waals surface area (Å²) in [5.74, 6) is 0.818. The SMILES string of the molecule is NC(=O)c1ccc(Oc2cccc(N)c2)cc1. The number of primary amides is 1. The van der Waals surface area contributed by atoms with Gasteiger partial charge in [0.25, 0.3) is 0 Å². The van der Waals surface area contributed by atoms with E-state index in [0.717, 1.165) is 0 Å². The van der Waals surface area contributed by atoms with Crippen LogP contribution in [-0.2, 0) is 0 Å². The Kier molecular flexibility index (Phi) is 2.96. The number of hydrogen-bond acceptors (Lipinski definition) is 3. The molecule has 0 radical (unpaired) electrons. The molecule has 0 heterocycles. The Hall–Kier alpha value is -2.49. The predicted octanol–water partition coefficient (Wildman–Crippen LogP) is 2.16. The van der Waals surface area contributed by atoms with Gasteiger partial charge in [-0.1, -0.05) is 6.07 Å². The highest BCUT2D eigenvalue weighted by Gasteiger charge is 2.01. The second kappa shape index (κ2) is 4.57. The summed E-state index contributed by atoms with van der Waals surface area (Å²) in [4.78, 5) is 10.9. The van der Waals surface area contributed by atoms with Gasteiger partial charge in [-0.05, 0) is 36.4 Å². The van der Waals surface area contributed by atoms with Crippen molar-refractivity contribution in [2.75, 3.05) is 5.73 Å². The van der Waals surface area contributed by atoms with Crippen LogP contribution in [0.25, 0.3) is 0 Å². The summed E-state index contributed by atoms with van der Waals surface area (Å²) in [5.41, 5.74) is 11.9. The Morgan fingerprint density at radius 3 is 2.29 bits per heavy atom. The highest BCUT2D eigenvalue weighted by Crippen LogP contribution is 2.23. The molecule has 86 valence electrons. The van der Waals surface area contributed by atoms with Crippen LogP contribution in [0.5, 0.6) is 11.5 Å². The Morgan fingerprint density at radius 1 is 1.00 bits per heavy atom. The van der Waals surface area contributed by atoms with Crippen LogP contribution >= 0.6 is 0 Å². The molecule has 0 aliphatic heterocycles. The van der Waals surface area contributed by atoms with Crippen molar-refractivity contribution in [1.82, 2.24) is 0 Å². The first-order chi connectivity index (χ1) is 8.15. The van der Waals surface area contributed by atoms with E-state index >= 15 is 0 Å². The summed E-state index contributed by atoms with van der Waals surface area (Å²) >= 11 is 0. The van der Waals surface area contributed by atoms with E-state index in [1.54, 1.807) is 42.5 Å². The molecule has 0 fully saturated rings. The van der Waals surface area contributed by atoms with Gasteiger partial charge in [0.1, 0.15) is 11.5 Å². The molecule has 1 amide bonds. The number of rotatable bonds is 3. The summed E-state index contributed by atoms with van der Waals surface area (Å²) in [6, 6.07) is 13.7. The number of nitrogens with two attached hydrogens (primary N) is 2. The van der Waals surface area contributed by atoms with Gasteiger partial charge in [-0.15, -0.1) is 0 Å². The fourth-order valence-electron chi connectivity index (χ4n) is 1.40. The van der Waals surface area contributed by atoms with Crippen LogP contribution in [-0.4, -0.2) is 5.91 Å². The number of carbonyl (C=O) groups is 1. The number of carbonyl (C=O) groups excluding carboxylic acids is 1. The second-order valence-corrected chi connectivity index (χ2v) is 3.56. The van der Waals surface area contributed by atoms with Gasteiger partial charge in [0.05, 0.1) is 0 Å². The largest absolute Gasteiger partial charge is 0.457 e. The third kappa shape index (κ3) is 2.75. The van der Waals surface area contributed by atoms with Crippen molar-refractivity contribution in [1.29, 1.82) is 0 Å². The van der Waals surface area contributed by atoms with Crippen molar-refractivity contribution in [3.63, 3.8) is 0 Å². The summed E-state index contributed by atoms with van der Waals surface area (Å²) in [7, 11) is 0. The zero-order chi connectivity index (χ0) is 12.3. The molecule has 4 nitrogen and oxygen atoms in total. The summed E-state index contributed by atoms with van der Waals surface area (Å²) in [6.45, 7) is 0. The second-order valence-electron chi connectivity index (χ2n) is 3.56. The standard InChI is InChI=1S/C13H12N2O2/c14-10-2-1-3-12(8-10)17-11-6-4-9(5-7-11)13(15)16/h1-8H,14H2,(H2,15,16). The fraction of sp³-hybridized carbons (Fsp3) is 0. The molecule has 0 atom stereocenters. The van der Waals surface area contributed by atoms with Crippen LogP contribution in [0.1, 0.15) is 10.4 Å². The first-order valence-corrected chi connectivity index (χ1v) is 5.08. The first-order valence-electron chi connectivity index (χ1n) is 5.08. The summed E-state index contributed by atoms with van der Waals surface area (Å²) < 4.78 is 5.56. The molecule has 0 spiro atoms. The van der Waals surface area contributed by atoms with E-state index in [4.69, 9.17) is 16.2 Å². The van der Waals surface area contributed by atoms with Gasteiger partial charge >= 0.3 is 0 Å². The number of anilines is 1. The lowest BCUT2D eigenvalue weighted by molar-refractivity contribution is 0.100. The van der Waals surface area contributed by atoms with Gasteiger partial charge in [-0.3, -0.25) is 4.79 Å². The molecule has 0 bridgehead atoms. The molecule has 0 saturated carbocycles. The number of amides is 1. The van der Waals surface area contributed by atoms with E-state index in [-0.39, 0.29) is 0 Å². The maximum Gasteiger partial charge on any atom is 0.248 e. The van der Waals surface area contributed by atoms with E-state index in [1.807, 2.05) is 6.07 Å². The highest BCUT2D eigenvalue weighted by molar-refractivity contribution is 5.92. The number of ether oxygens (including phenoxy) is 1. The van der Waals surface area contributed by atoms with Gasteiger partial charge in [0, 0.05) is 17.3 Å². The van der Waals surface area contributed by atoms with E-state index in [0.29, 0.717) is 22.7 Å². The van der Waals surface area contributed by atoms with Crippen LogP contribution in [0.15, 0.2) is 48.5 Å². The fourth-order valence-corrected chi connectivity index (χ4v) is 1.40. The Bertz CT molecular complexity index is 535. The highest BCUT2D eigenvalue weighted by atomic mass is 16.5. The minimum absolute atomic E-state index is 0.449. The molecule has 2 rings (SSSR count). The molecule has 2 aromatic carbocycles. The molecule has 0 aliphatic rings. The van der Waals surface area contributed by atoms with Crippen molar-refractivity contribution in [3.05, 3.63) is 54.1 Å². The van der Waals surface area contributed by atoms with Crippen molar-refractivity contribution >= 4 is 11.6 Å². The van der Waals surface area contributed by atoms with Crippen molar-refractivity contribution in [2.24, 2.45) is 5.73 Å². The van der Waals surface area contributed by atoms with Crippen LogP contribution < -0.4 is 16.2 Å². The number of hydrogen-bond donors (Lipinski definition) is 2. The molecule has 17 heavy (non-hydrogen) atoms. The monoisotopic (exact) mass is 228 g/mol. The van der Waals surface area contributed by atoms with Crippen LogP contribution in [0.3, 0.4) is 0 Å². The molecule has 2 aromatic rings. The van der Waals surface area contributed by atoms with Gasteiger partial charge in [0.15, 0.2) is 0 Å². The molecule has 0 aromatic heterocycles. The molecule has 0 aliphatic carbocycles. The average molecular weight is 228 g/mol. The van der Waals surface area contributed by atoms with Crippen LogP contribution in [0, 0.1) is 0 Å². The summed E-state index contributed by atoms with van der Waals surface area (Å²) in [6.07, 6.45) is 0. The smallest absolute Gasteiger partial charge is 0.248 e.